The fourth-order valence-corrected chi connectivity index (χ4v) is 2.24. The fraction of sp³-hybridized carbons (Fsp3) is 0.333. The molecule has 2 aromatic rings. The van der Waals surface area contributed by atoms with E-state index in [0.29, 0.717) is 23.2 Å². The molecule has 0 saturated carbocycles. The first-order chi connectivity index (χ1) is 9.61. The minimum absolute atomic E-state index is 0.155. The molecule has 0 aliphatic heterocycles. The van der Waals surface area contributed by atoms with Gasteiger partial charge < -0.3 is 11.2 Å². The molecule has 2 aromatic heterocycles. The zero-order valence-corrected chi connectivity index (χ0v) is 12.1. The number of carbonyl (C=O) groups excluding carboxylic acids is 1. The molecule has 7 nitrogen and oxygen atoms in total. The van der Waals surface area contributed by atoms with Crippen molar-refractivity contribution in [1.82, 2.24) is 19.9 Å². The smallest absolute Gasteiger partial charge is 0.236 e. The molecule has 2 heterocycles. The molecule has 0 aliphatic rings. The summed E-state index contributed by atoms with van der Waals surface area (Å²) in [6.07, 6.45) is 2.34. The number of thioether (sulfide) groups is 1. The molecule has 3 N–H and O–H groups in total. The largest absolute Gasteiger partial charge is 0.336 e. The van der Waals surface area contributed by atoms with Gasteiger partial charge >= 0.3 is 0 Å². The second-order valence-electron chi connectivity index (χ2n) is 4.13. The molecule has 0 atom stereocenters. The van der Waals surface area contributed by atoms with Crippen molar-refractivity contribution in [3.05, 3.63) is 29.7 Å². The van der Waals surface area contributed by atoms with Gasteiger partial charge in [-0.3, -0.25) is 4.79 Å². The van der Waals surface area contributed by atoms with E-state index in [1.807, 2.05) is 26.0 Å². The van der Waals surface area contributed by atoms with Gasteiger partial charge in [-0.25, -0.2) is 9.66 Å². The highest BCUT2D eigenvalue weighted by molar-refractivity contribution is 7.99. The van der Waals surface area contributed by atoms with Gasteiger partial charge in [-0.05, 0) is 18.6 Å². The number of nitrogens with one attached hydrogen (secondary N) is 1. The summed E-state index contributed by atoms with van der Waals surface area (Å²) in [7, 11) is 0. The van der Waals surface area contributed by atoms with Crippen LogP contribution in [0, 0.1) is 6.92 Å². The van der Waals surface area contributed by atoms with E-state index in [1.165, 1.54) is 16.4 Å². The van der Waals surface area contributed by atoms with Crippen molar-refractivity contribution in [2.24, 2.45) is 0 Å². The minimum atomic E-state index is -0.155. The number of amides is 1. The first kappa shape index (κ1) is 14.3. The van der Waals surface area contributed by atoms with Crippen molar-refractivity contribution in [3.63, 3.8) is 0 Å². The Kier molecular flexibility index (Phi) is 4.57. The Morgan fingerprint density at radius 2 is 2.30 bits per heavy atom. The minimum Gasteiger partial charge on any atom is -0.336 e. The van der Waals surface area contributed by atoms with Gasteiger partial charge in [0.2, 0.25) is 11.1 Å². The second-order valence-corrected chi connectivity index (χ2v) is 5.07. The first-order valence-electron chi connectivity index (χ1n) is 6.15. The van der Waals surface area contributed by atoms with Crippen LogP contribution >= 0.6 is 11.8 Å². The highest BCUT2D eigenvalue weighted by atomic mass is 32.2. The van der Waals surface area contributed by atoms with Crippen LogP contribution in [-0.2, 0) is 11.2 Å². The standard InChI is InChI=1S/C12H16N6OS/c1-3-9-16-17-12(18(9)13)20-7-10(19)15-11-8(2)5-4-6-14-11/h4-6H,3,7,13H2,1-2H3,(H,14,15,19). The van der Waals surface area contributed by atoms with E-state index in [-0.39, 0.29) is 11.7 Å². The van der Waals surface area contributed by atoms with Crippen molar-refractivity contribution >= 4 is 23.5 Å². The van der Waals surface area contributed by atoms with Crippen LogP contribution in [0.2, 0.25) is 0 Å². The van der Waals surface area contributed by atoms with Crippen molar-refractivity contribution in [1.29, 1.82) is 0 Å². The molecule has 106 valence electrons. The molecule has 0 aliphatic carbocycles. The van der Waals surface area contributed by atoms with Gasteiger partial charge in [0.15, 0.2) is 5.82 Å². The van der Waals surface area contributed by atoms with E-state index in [2.05, 4.69) is 20.5 Å². The van der Waals surface area contributed by atoms with Gasteiger partial charge in [-0.1, -0.05) is 24.8 Å². The zero-order chi connectivity index (χ0) is 14.5. The van der Waals surface area contributed by atoms with Crippen molar-refractivity contribution in [2.45, 2.75) is 25.4 Å². The number of aryl methyl sites for hydroxylation is 2. The predicted molar refractivity (Wildman–Crippen MR) is 77.9 cm³/mol. The maximum atomic E-state index is 11.9. The molecule has 20 heavy (non-hydrogen) atoms. The molecule has 0 spiro atoms. The normalized spacial score (nSPS) is 10.5. The number of carbonyl (C=O) groups is 1. The van der Waals surface area contributed by atoms with E-state index in [9.17, 15) is 4.79 Å². The third-order valence-electron chi connectivity index (χ3n) is 2.65. The summed E-state index contributed by atoms with van der Waals surface area (Å²) < 4.78 is 1.41. The second kappa shape index (κ2) is 6.38. The van der Waals surface area contributed by atoms with Crippen LogP contribution in [0.15, 0.2) is 23.5 Å². The lowest BCUT2D eigenvalue weighted by Gasteiger charge is -2.06. The number of nitrogens with zero attached hydrogens (tertiary/aromatic N) is 4. The highest BCUT2D eigenvalue weighted by Gasteiger charge is 2.11. The number of rotatable bonds is 5. The van der Waals surface area contributed by atoms with E-state index < -0.39 is 0 Å². The number of nitrogens with two attached hydrogens (primary N) is 1. The molecule has 2 rings (SSSR count). The summed E-state index contributed by atoms with van der Waals surface area (Å²) in [6.45, 7) is 3.83. The summed E-state index contributed by atoms with van der Waals surface area (Å²) in [6, 6.07) is 3.71. The van der Waals surface area contributed by atoms with Crippen LogP contribution < -0.4 is 11.2 Å². The quantitative estimate of drug-likeness (QED) is 0.630. The van der Waals surface area contributed by atoms with Crippen LogP contribution in [-0.4, -0.2) is 31.5 Å². The lowest BCUT2D eigenvalue weighted by Crippen LogP contribution is -2.18. The van der Waals surface area contributed by atoms with Crippen LogP contribution in [0.3, 0.4) is 0 Å². The number of nitrogen functional groups attached to an aromatic ring is 1. The van der Waals surface area contributed by atoms with E-state index >= 15 is 0 Å². The van der Waals surface area contributed by atoms with Crippen LogP contribution in [0.4, 0.5) is 5.82 Å². The van der Waals surface area contributed by atoms with E-state index in [1.54, 1.807) is 6.20 Å². The molecule has 0 unspecified atom stereocenters. The molecule has 0 fully saturated rings. The molecule has 0 radical (unpaired) electrons. The molecular weight excluding hydrogens is 276 g/mol. The Bertz CT molecular complexity index is 612. The lowest BCUT2D eigenvalue weighted by atomic mass is 10.3. The van der Waals surface area contributed by atoms with Gasteiger partial charge in [0, 0.05) is 12.6 Å². The Morgan fingerprint density at radius 3 is 2.95 bits per heavy atom. The number of pyridine rings is 1. The van der Waals surface area contributed by atoms with Gasteiger partial charge in [0.1, 0.15) is 5.82 Å². The number of anilines is 1. The molecule has 1 amide bonds. The van der Waals surface area contributed by atoms with Gasteiger partial charge in [0.05, 0.1) is 5.75 Å². The SMILES string of the molecule is CCc1nnc(SCC(=O)Nc2ncccc2C)n1N. The number of aromatic nitrogens is 4. The van der Waals surface area contributed by atoms with Gasteiger partial charge in [0.25, 0.3) is 0 Å². The van der Waals surface area contributed by atoms with E-state index in [4.69, 9.17) is 5.84 Å². The maximum absolute atomic E-state index is 11.9. The van der Waals surface area contributed by atoms with Crippen molar-refractivity contribution in [3.8, 4) is 0 Å². The lowest BCUT2D eigenvalue weighted by molar-refractivity contribution is -0.113. The molecule has 8 heteroatoms. The number of hydrogen-bond donors (Lipinski definition) is 2. The Morgan fingerprint density at radius 1 is 1.50 bits per heavy atom. The summed E-state index contributed by atoms with van der Waals surface area (Å²) in [5.41, 5.74) is 0.918. The Hall–Kier alpha value is -2.09. The Balaban J connectivity index is 1.92. The summed E-state index contributed by atoms with van der Waals surface area (Å²) in [5, 5.41) is 11.1. The first-order valence-corrected chi connectivity index (χ1v) is 7.14. The van der Waals surface area contributed by atoms with Crippen LogP contribution in [0.25, 0.3) is 0 Å². The predicted octanol–water partition coefficient (Wildman–Crippen LogP) is 0.989. The molecule has 0 saturated heterocycles. The average molecular weight is 292 g/mol. The van der Waals surface area contributed by atoms with Crippen LogP contribution in [0.5, 0.6) is 0 Å². The zero-order valence-electron chi connectivity index (χ0n) is 11.3. The third kappa shape index (κ3) is 3.27. The maximum Gasteiger partial charge on any atom is 0.236 e. The topological polar surface area (TPSA) is 98.7 Å². The van der Waals surface area contributed by atoms with Gasteiger partial charge in [-0.15, -0.1) is 10.2 Å². The number of hydrogen-bond acceptors (Lipinski definition) is 6. The van der Waals surface area contributed by atoms with Gasteiger partial charge in [-0.2, -0.15) is 0 Å². The fourth-order valence-electron chi connectivity index (χ4n) is 1.56. The third-order valence-corrected chi connectivity index (χ3v) is 3.59. The summed E-state index contributed by atoms with van der Waals surface area (Å²) in [5.74, 6) is 7.11. The van der Waals surface area contributed by atoms with Crippen molar-refractivity contribution in [2.75, 3.05) is 16.9 Å². The van der Waals surface area contributed by atoms with Crippen LogP contribution in [0.1, 0.15) is 18.3 Å². The highest BCUT2D eigenvalue weighted by Crippen LogP contribution is 2.16. The molecule has 0 bridgehead atoms. The average Bonchev–Trinajstić information content (AvgIpc) is 2.79. The van der Waals surface area contributed by atoms with Crippen molar-refractivity contribution < 1.29 is 4.79 Å². The monoisotopic (exact) mass is 292 g/mol. The summed E-state index contributed by atoms with van der Waals surface area (Å²) >= 11 is 1.24. The summed E-state index contributed by atoms with van der Waals surface area (Å²) in [4.78, 5) is 16.0. The molecule has 0 aromatic carbocycles. The van der Waals surface area contributed by atoms with E-state index in [0.717, 1.165) is 5.56 Å². The Labute approximate surface area is 121 Å². The molecular formula is C12H16N6OS.